The first-order valence-corrected chi connectivity index (χ1v) is 32.8. The molecule has 0 amide bonds. The van der Waals surface area contributed by atoms with Crippen molar-refractivity contribution in [1.82, 2.24) is 0 Å². The highest BCUT2D eigenvalue weighted by atomic mass is 17.2. The number of Topliss-reactive ketones (excluding diaryl/α,β-unsaturated/α-hetero) is 4. The maximum absolute atomic E-state index is 16.6. The molecule has 16 unspecified atom stereocenters. The van der Waals surface area contributed by atoms with Crippen molar-refractivity contribution >= 4 is 28.9 Å². The van der Waals surface area contributed by atoms with Crippen LogP contribution in [0.2, 0.25) is 0 Å². The standard InChI is InChI=1S/C73H106O13/c1-39-25-33-49-66(17,18)70(49,58(39)79-83-62(5,6)7)54(75)45-31-29-43(37-47(45)56(77)72-51(68(72,21)22)35-27-41(3)60(72)81-85-64(11,12)13)53(74)44-30-32-46(55(76)71-50(67(71,19)20)34-26-40(2)59(71)80-84-63(8,9)10)48(38-44)57(78)73-52(69(73,23)24)36-28-42(4)61(73)82-86-65(14,15)16/h29-32,37-42,49-52,58-61H,25-28,33-36H2,1-24H3. The smallest absolute Gasteiger partial charge is 0.193 e. The maximum atomic E-state index is 16.6. The molecule has 0 N–H and O–H groups in total. The van der Waals surface area contributed by atoms with Crippen LogP contribution >= 0.6 is 0 Å². The van der Waals surface area contributed by atoms with Crippen LogP contribution < -0.4 is 0 Å². The molecule has 0 radical (unpaired) electrons. The number of carbonyl (C=O) groups excluding carboxylic acids is 5. The van der Waals surface area contributed by atoms with Gasteiger partial charge in [-0.15, -0.1) is 0 Å². The van der Waals surface area contributed by atoms with Gasteiger partial charge in [0.05, 0.1) is 44.1 Å². The summed E-state index contributed by atoms with van der Waals surface area (Å²) >= 11 is 0. The van der Waals surface area contributed by atoms with E-state index in [9.17, 15) is 0 Å². The first kappa shape index (κ1) is 65.4. The van der Waals surface area contributed by atoms with Gasteiger partial charge >= 0.3 is 0 Å². The number of carbonyl (C=O) groups is 5. The van der Waals surface area contributed by atoms with E-state index in [0.717, 1.165) is 51.4 Å². The van der Waals surface area contributed by atoms with Crippen LogP contribution in [0.15, 0.2) is 36.4 Å². The van der Waals surface area contributed by atoms with Crippen LogP contribution in [0.25, 0.3) is 0 Å². The monoisotopic (exact) mass is 1190 g/mol. The second kappa shape index (κ2) is 20.7. The number of benzene rings is 2. The van der Waals surface area contributed by atoms with E-state index in [1.165, 1.54) is 0 Å². The molecular weight excluding hydrogens is 1080 g/mol. The lowest BCUT2D eigenvalue weighted by molar-refractivity contribution is -0.390. The number of rotatable bonds is 18. The number of hydrogen-bond acceptors (Lipinski definition) is 13. The lowest BCUT2D eigenvalue weighted by atomic mass is 9.69. The molecular formula is C73H106O13. The zero-order valence-electron chi connectivity index (χ0n) is 56.9. The summed E-state index contributed by atoms with van der Waals surface area (Å²) in [6, 6.07) is 9.92. The molecule has 0 aliphatic heterocycles. The van der Waals surface area contributed by atoms with Gasteiger partial charge in [-0.1, -0.05) is 95.2 Å². The van der Waals surface area contributed by atoms with Crippen LogP contribution in [0.3, 0.4) is 0 Å². The van der Waals surface area contributed by atoms with Crippen LogP contribution in [0, 0.1) is 90.7 Å². The average Bonchev–Trinajstić information content (AvgIpc) is 1.51. The van der Waals surface area contributed by atoms with Gasteiger partial charge in [-0.3, -0.25) is 24.0 Å². The Hall–Kier alpha value is -3.53. The van der Waals surface area contributed by atoms with E-state index in [4.69, 9.17) is 39.1 Å². The fourth-order valence-corrected chi connectivity index (χ4v) is 19.3. The van der Waals surface area contributed by atoms with E-state index in [1.807, 2.05) is 83.1 Å². The summed E-state index contributed by atoms with van der Waals surface area (Å²) < 4.78 is 0. The number of fused-ring (bicyclic) bond motifs is 4. The predicted molar refractivity (Wildman–Crippen MR) is 329 cm³/mol. The molecule has 8 saturated carbocycles. The molecule has 8 aliphatic rings. The summed E-state index contributed by atoms with van der Waals surface area (Å²) in [6.07, 6.45) is 3.91. The Morgan fingerprint density at radius 1 is 0.337 bits per heavy atom. The van der Waals surface area contributed by atoms with Crippen LogP contribution in [-0.4, -0.2) is 75.7 Å². The van der Waals surface area contributed by atoms with E-state index >= 15 is 24.0 Å². The Labute approximate surface area is 514 Å². The van der Waals surface area contributed by atoms with Crippen molar-refractivity contribution in [3.63, 3.8) is 0 Å². The molecule has 0 aromatic heterocycles. The lowest BCUT2D eigenvalue weighted by Crippen LogP contribution is -2.47. The third-order valence-corrected chi connectivity index (χ3v) is 23.8. The zero-order valence-corrected chi connectivity index (χ0v) is 56.9. The Morgan fingerprint density at radius 2 is 0.547 bits per heavy atom. The van der Waals surface area contributed by atoms with Crippen LogP contribution in [0.1, 0.15) is 275 Å². The number of hydrogen-bond donors (Lipinski definition) is 0. The molecule has 86 heavy (non-hydrogen) atoms. The van der Waals surface area contributed by atoms with Crippen molar-refractivity contribution in [2.75, 3.05) is 0 Å². The maximum Gasteiger partial charge on any atom is 0.193 e. The van der Waals surface area contributed by atoms with E-state index in [1.54, 1.807) is 36.4 Å². The molecule has 16 atom stereocenters. The summed E-state index contributed by atoms with van der Waals surface area (Å²) in [4.78, 5) is 132. The second-order valence-corrected chi connectivity index (χ2v) is 34.8. The molecule has 10 rings (SSSR count). The minimum atomic E-state index is -1.11. The van der Waals surface area contributed by atoms with E-state index in [0.29, 0.717) is 0 Å². The first-order valence-electron chi connectivity index (χ1n) is 32.8. The lowest BCUT2D eigenvalue weighted by Gasteiger charge is -2.39. The molecule has 2 aromatic carbocycles. The summed E-state index contributed by atoms with van der Waals surface area (Å²) in [5.74, 6) is -1.98. The van der Waals surface area contributed by atoms with Crippen molar-refractivity contribution in [3.8, 4) is 0 Å². The topological polar surface area (TPSA) is 159 Å². The molecule has 8 aliphatic carbocycles. The summed E-state index contributed by atoms with van der Waals surface area (Å²) in [5.41, 5.74) is -8.10. The van der Waals surface area contributed by atoms with Crippen LogP contribution in [-0.2, 0) is 39.1 Å². The van der Waals surface area contributed by atoms with E-state index in [-0.39, 0.29) is 104 Å². The van der Waals surface area contributed by atoms with Gasteiger partial charge in [0, 0.05) is 33.4 Å². The summed E-state index contributed by atoms with van der Waals surface area (Å²) in [5, 5.41) is 0. The first-order chi connectivity index (χ1) is 39.4. The summed E-state index contributed by atoms with van der Waals surface area (Å²) in [7, 11) is 0. The molecule has 13 heteroatoms. The molecule has 2 aromatic rings. The Bertz CT molecular complexity index is 2860. The Kier molecular flexibility index (Phi) is 15.8. The van der Waals surface area contributed by atoms with Crippen molar-refractivity contribution in [2.24, 2.45) is 90.7 Å². The minimum absolute atomic E-state index is 0.0446. The van der Waals surface area contributed by atoms with Gasteiger partial charge in [-0.05, 0) is 228 Å². The molecule has 0 saturated heterocycles. The average molecular weight is 1190 g/mol. The van der Waals surface area contributed by atoms with Crippen molar-refractivity contribution in [2.45, 2.75) is 264 Å². The molecule has 0 heterocycles. The number of ketones is 5. The van der Waals surface area contributed by atoms with Crippen LogP contribution in [0.5, 0.6) is 0 Å². The third kappa shape index (κ3) is 9.57. The molecule has 0 bridgehead atoms. The Morgan fingerprint density at radius 3 is 0.756 bits per heavy atom. The van der Waals surface area contributed by atoms with Crippen molar-refractivity contribution < 1.29 is 63.1 Å². The zero-order chi connectivity index (χ0) is 63.8. The van der Waals surface area contributed by atoms with Gasteiger partial charge in [0.1, 0.15) is 24.4 Å². The normalized spacial score (nSPS) is 37.9. The van der Waals surface area contributed by atoms with Gasteiger partial charge in [0.25, 0.3) is 0 Å². The van der Waals surface area contributed by atoms with Crippen LogP contribution in [0.4, 0.5) is 0 Å². The van der Waals surface area contributed by atoms with E-state index in [2.05, 4.69) is 83.1 Å². The molecule has 13 nitrogen and oxygen atoms in total. The summed E-state index contributed by atoms with van der Waals surface area (Å²) in [6.45, 7) is 48.4. The SMILES string of the molecule is CC1CCC2C(C)(C)C2(C(=O)c2ccc(C(=O)c3ccc(C(=O)C45C(OOC(C)(C)C)C(C)CCC4C5(C)C)c(C(=O)C45C(OOC(C)(C)C)C(C)CCC4C5(C)C)c3)cc2C(=O)C23C(OOC(C)(C)C)C(C)CCC2C3(C)C)C1OOC(C)(C)C. The molecule has 0 spiro atoms. The Balaban J connectivity index is 1.15. The van der Waals surface area contributed by atoms with E-state index < -0.39 is 95.9 Å². The highest BCUT2D eigenvalue weighted by Gasteiger charge is 2.85. The highest BCUT2D eigenvalue weighted by molar-refractivity contribution is 6.20. The van der Waals surface area contributed by atoms with Gasteiger partial charge in [0.2, 0.25) is 0 Å². The van der Waals surface area contributed by atoms with Crippen molar-refractivity contribution in [1.29, 1.82) is 0 Å². The fraction of sp³-hybridized carbons (Fsp3) is 0.767. The predicted octanol–water partition coefficient (Wildman–Crippen LogP) is 16.4. The van der Waals surface area contributed by atoms with Gasteiger partial charge in [-0.2, -0.15) is 0 Å². The fourth-order valence-electron chi connectivity index (χ4n) is 19.3. The van der Waals surface area contributed by atoms with Gasteiger partial charge in [0.15, 0.2) is 28.9 Å². The van der Waals surface area contributed by atoms with Gasteiger partial charge < -0.3 is 0 Å². The quantitative estimate of drug-likeness (QED) is 0.0789. The largest absolute Gasteiger partial charge is 0.293 e. The second-order valence-electron chi connectivity index (χ2n) is 34.8. The van der Waals surface area contributed by atoms with Crippen molar-refractivity contribution in [3.05, 3.63) is 69.8 Å². The highest BCUT2D eigenvalue weighted by Crippen LogP contribution is 2.81. The minimum Gasteiger partial charge on any atom is -0.293 e. The van der Waals surface area contributed by atoms with Gasteiger partial charge in [-0.25, -0.2) is 39.1 Å². The molecule has 476 valence electrons. The third-order valence-electron chi connectivity index (χ3n) is 23.8. The molecule has 8 fully saturated rings.